The molecule has 6 heteroatoms. The maximum Gasteiger partial charge on any atom is 0.128 e. The van der Waals surface area contributed by atoms with Crippen LogP contribution in [0.1, 0.15) is 5.82 Å². The van der Waals surface area contributed by atoms with E-state index in [1.165, 1.54) is 0 Å². The number of aromatic nitrogens is 4. The molecular formula is C14H12BrN5. The molecule has 20 heavy (non-hydrogen) atoms. The number of hydrogen-bond donors (Lipinski definition) is 0. The summed E-state index contributed by atoms with van der Waals surface area (Å²) in [5.41, 5.74) is 2.97. The van der Waals surface area contributed by atoms with E-state index >= 15 is 0 Å². The van der Waals surface area contributed by atoms with E-state index in [-0.39, 0.29) is 0 Å². The van der Waals surface area contributed by atoms with Crippen molar-refractivity contribution in [2.45, 2.75) is 13.1 Å². The van der Waals surface area contributed by atoms with Gasteiger partial charge in [0, 0.05) is 42.3 Å². The number of pyridine rings is 2. The summed E-state index contributed by atoms with van der Waals surface area (Å²) in [6.45, 7) is 2.72. The summed E-state index contributed by atoms with van der Waals surface area (Å²) in [5, 5.41) is 0. The summed E-state index contributed by atoms with van der Waals surface area (Å²) >= 11 is 3.44. The quantitative estimate of drug-likeness (QED) is 0.688. The molecule has 0 bridgehead atoms. The van der Waals surface area contributed by atoms with E-state index in [4.69, 9.17) is 0 Å². The van der Waals surface area contributed by atoms with Gasteiger partial charge in [0.05, 0.1) is 17.7 Å². The minimum Gasteiger partial charge on any atom is -0.360 e. The third-order valence-electron chi connectivity index (χ3n) is 3.61. The second-order valence-corrected chi connectivity index (χ2v) is 5.73. The second kappa shape index (κ2) is 4.56. The first-order valence-electron chi connectivity index (χ1n) is 6.46. The SMILES string of the molecule is Brc1cnc2c(N3CCn4ccnc4C3)ccnc2c1. The van der Waals surface area contributed by atoms with Gasteiger partial charge in [-0.15, -0.1) is 0 Å². The smallest absolute Gasteiger partial charge is 0.128 e. The first-order chi connectivity index (χ1) is 9.81. The Morgan fingerprint density at radius 1 is 1.10 bits per heavy atom. The van der Waals surface area contributed by atoms with Crippen molar-refractivity contribution in [1.29, 1.82) is 0 Å². The van der Waals surface area contributed by atoms with Gasteiger partial charge in [-0.05, 0) is 28.1 Å². The van der Waals surface area contributed by atoms with E-state index in [1.807, 2.05) is 36.9 Å². The fourth-order valence-electron chi connectivity index (χ4n) is 2.63. The molecule has 0 spiro atoms. The fraction of sp³-hybridized carbons (Fsp3) is 0.214. The Morgan fingerprint density at radius 3 is 3.00 bits per heavy atom. The van der Waals surface area contributed by atoms with Crippen molar-refractivity contribution in [3.63, 3.8) is 0 Å². The van der Waals surface area contributed by atoms with Crippen LogP contribution in [0.3, 0.4) is 0 Å². The third-order valence-corrected chi connectivity index (χ3v) is 4.04. The zero-order chi connectivity index (χ0) is 13.5. The van der Waals surface area contributed by atoms with Crippen LogP contribution < -0.4 is 4.90 Å². The van der Waals surface area contributed by atoms with Gasteiger partial charge in [0.15, 0.2) is 0 Å². The molecule has 0 unspecified atom stereocenters. The maximum atomic E-state index is 4.52. The molecule has 3 aromatic heterocycles. The van der Waals surface area contributed by atoms with Gasteiger partial charge in [-0.25, -0.2) is 4.98 Å². The van der Waals surface area contributed by atoms with Gasteiger partial charge in [0.25, 0.3) is 0 Å². The van der Waals surface area contributed by atoms with Crippen molar-refractivity contribution in [3.05, 3.63) is 47.2 Å². The zero-order valence-corrected chi connectivity index (χ0v) is 12.3. The Labute approximate surface area is 124 Å². The number of hydrogen-bond acceptors (Lipinski definition) is 4. The molecule has 0 fully saturated rings. The van der Waals surface area contributed by atoms with Gasteiger partial charge in [0.2, 0.25) is 0 Å². The van der Waals surface area contributed by atoms with Crippen LogP contribution in [0.25, 0.3) is 11.0 Å². The van der Waals surface area contributed by atoms with Crippen molar-refractivity contribution in [2.75, 3.05) is 11.4 Å². The molecule has 0 saturated carbocycles. The lowest BCUT2D eigenvalue weighted by Crippen LogP contribution is -2.33. The molecule has 100 valence electrons. The molecule has 1 aliphatic heterocycles. The Hall–Kier alpha value is -1.95. The summed E-state index contributed by atoms with van der Waals surface area (Å²) in [5.74, 6) is 1.10. The predicted octanol–water partition coefficient (Wildman–Crippen LogP) is 2.61. The standard InChI is InChI=1S/C14H12BrN5/c15-10-7-11-14(18-8-10)12(1-2-16-11)20-6-5-19-4-3-17-13(19)9-20/h1-4,7-8H,5-6,9H2. The molecule has 0 atom stereocenters. The number of nitrogens with zero attached hydrogens (tertiary/aromatic N) is 5. The largest absolute Gasteiger partial charge is 0.360 e. The van der Waals surface area contributed by atoms with Crippen LogP contribution in [0, 0.1) is 0 Å². The summed E-state index contributed by atoms with van der Waals surface area (Å²) < 4.78 is 3.15. The summed E-state index contributed by atoms with van der Waals surface area (Å²) in [7, 11) is 0. The second-order valence-electron chi connectivity index (χ2n) is 4.81. The monoisotopic (exact) mass is 329 g/mol. The van der Waals surface area contributed by atoms with Crippen LogP contribution >= 0.6 is 15.9 Å². The predicted molar refractivity (Wildman–Crippen MR) is 80.5 cm³/mol. The molecular weight excluding hydrogens is 318 g/mol. The van der Waals surface area contributed by atoms with Gasteiger partial charge in [-0.1, -0.05) is 0 Å². The Balaban J connectivity index is 1.80. The molecule has 4 rings (SSSR count). The molecule has 4 heterocycles. The van der Waals surface area contributed by atoms with Crippen molar-refractivity contribution in [2.24, 2.45) is 0 Å². The normalized spacial score (nSPS) is 14.6. The molecule has 0 saturated heterocycles. The minimum atomic E-state index is 0.809. The van der Waals surface area contributed by atoms with Crippen molar-refractivity contribution >= 4 is 32.7 Å². The molecule has 3 aromatic rings. The van der Waals surface area contributed by atoms with E-state index in [2.05, 4.69) is 40.3 Å². The van der Waals surface area contributed by atoms with E-state index in [1.54, 1.807) is 0 Å². The van der Waals surface area contributed by atoms with Crippen LogP contribution in [-0.4, -0.2) is 26.1 Å². The molecule has 0 aromatic carbocycles. The lowest BCUT2D eigenvalue weighted by molar-refractivity contribution is 0.561. The van der Waals surface area contributed by atoms with Gasteiger partial charge in [-0.2, -0.15) is 0 Å². The zero-order valence-electron chi connectivity index (χ0n) is 10.7. The highest BCUT2D eigenvalue weighted by atomic mass is 79.9. The van der Waals surface area contributed by atoms with Crippen LogP contribution in [0.15, 0.2) is 41.4 Å². The summed E-state index contributed by atoms with van der Waals surface area (Å²) in [4.78, 5) is 15.6. The fourth-order valence-corrected chi connectivity index (χ4v) is 2.94. The average Bonchev–Trinajstić information content (AvgIpc) is 2.93. The lowest BCUT2D eigenvalue weighted by atomic mass is 10.2. The topological polar surface area (TPSA) is 46.8 Å². The highest BCUT2D eigenvalue weighted by molar-refractivity contribution is 9.10. The number of fused-ring (bicyclic) bond motifs is 2. The van der Waals surface area contributed by atoms with E-state index in [9.17, 15) is 0 Å². The van der Waals surface area contributed by atoms with Crippen LogP contribution in [0.2, 0.25) is 0 Å². The number of rotatable bonds is 1. The third kappa shape index (κ3) is 1.87. The van der Waals surface area contributed by atoms with Crippen LogP contribution in [0.5, 0.6) is 0 Å². The summed E-state index contributed by atoms with van der Waals surface area (Å²) in [6.07, 6.45) is 7.55. The lowest BCUT2D eigenvalue weighted by Gasteiger charge is -2.29. The van der Waals surface area contributed by atoms with Crippen molar-refractivity contribution in [1.82, 2.24) is 19.5 Å². The van der Waals surface area contributed by atoms with Crippen molar-refractivity contribution < 1.29 is 0 Å². The van der Waals surface area contributed by atoms with E-state index in [0.717, 1.165) is 46.7 Å². The Kier molecular flexibility index (Phi) is 2.70. The number of anilines is 1. The first kappa shape index (κ1) is 11.8. The van der Waals surface area contributed by atoms with Crippen LogP contribution in [-0.2, 0) is 13.1 Å². The molecule has 1 aliphatic rings. The van der Waals surface area contributed by atoms with Gasteiger partial charge in [0.1, 0.15) is 11.3 Å². The van der Waals surface area contributed by atoms with Crippen LogP contribution in [0.4, 0.5) is 5.69 Å². The van der Waals surface area contributed by atoms with Gasteiger partial charge >= 0.3 is 0 Å². The van der Waals surface area contributed by atoms with E-state index in [0.29, 0.717) is 0 Å². The highest BCUT2D eigenvalue weighted by Gasteiger charge is 2.19. The molecule has 0 amide bonds. The highest BCUT2D eigenvalue weighted by Crippen LogP contribution is 2.27. The van der Waals surface area contributed by atoms with Gasteiger partial charge in [-0.3, -0.25) is 9.97 Å². The van der Waals surface area contributed by atoms with Gasteiger partial charge < -0.3 is 9.47 Å². The maximum absolute atomic E-state index is 4.52. The molecule has 0 aliphatic carbocycles. The average molecular weight is 330 g/mol. The Morgan fingerprint density at radius 2 is 2.05 bits per heavy atom. The molecule has 0 N–H and O–H groups in total. The first-order valence-corrected chi connectivity index (χ1v) is 7.26. The van der Waals surface area contributed by atoms with E-state index < -0.39 is 0 Å². The molecule has 0 radical (unpaired) electrons. The number of imidazole rings is 1. The minimum absolute atomic E-state index is 0.809. The molecule has 5 nitrogen and oxygen atoms in total. The Bertz CT molecular complexity index is 782. The van der Waals surface area contributed by atoms with Crippen molar-refractivity contribution in [3.8, 4) is 0 Å². The number of halogens is 1. The summed E-state index contributed by atoms with van der Waals surface area (Å²) in [6, 6.07) is 4.03.